The van der Waals surface area contributed by atoms with E-state index in [-0.39, 0.29) is 61.7 Å². The average Bonchev–Trinajstić information content (AvgIpc) is 4.27. The molecule has 5 nitrogen and oxygen atoms in total. The summed E-state index contributed by atoms with van der Waals surface area (Å²) in [5.41, 5.74) is 17.3. The van der Waals surface area contributed by atoms with E-state index in [0.29, 0.717) is 40.0 Å². The summed E-state index contributed by atoms with van der Waals surface area (Å²) in [5.74, 6) is 2.93. The molecular weight excluding hydrogens is 1080 g/mol. The second-order valence-electron chi connectivity index (χ2n) is 20.0. The quantitative estimate of drug-likeness (QED) is 0.128. The van der Waals surface area contributed by atoms with Crippen LogP contribution in [0.5, 0.6) is 0 Å². The number of aromatic nitrogens is 4. The molecule has 0 aliphatic rings. The van der Waals surface area contributed by atoms with Gasteiger partial charge >= 0.3 is 0 Å². The van der Waals surface area contributed by atoms with Gasteiger partial charge in [0.2, 0.25) is 0 Å². The van der Waals surface area contributed by atoms with Crippen molar-refractivity contribution in [3.8, 4) is 56.4 Å². The number of imidazole rings is 2. The summed E-state index contributed by atoms with van der Waals surface area (Å²) >= 11 is 0. The van der Waals surface area contributed by atoms with Crippen molar-refractivity contribution < 1.29 is 31.4 Å². The standard InChI is InChI=1S/C43H35N2O.C25H25N2.Ir/c1-27(2)36-24-32(30-16-9-6-10-17-30)25-37(28(3)4)41(36)45-39-21-12-11-20-38(39)44-43(45)35-19-13-18-34-33-23-22-31(26-40(33)46-42(34)35)29-14-7-5-8-15-29;1-17(2)20-13-10-14-21(18(3)4)24(20)27-23-16-9-8-15-22(23)26-25(27)19-11-6-5-7-12-19;/h5-18,20-28H,1-4H3;5-11,13-18H,1-4H3;/q2*-1;/i5D,7D,8D,14D,15D;;. The summed E-state index contributed by atoms with van der Waals surface area (Å²) in [4.78, 5) is 10.2. The molecule has 0 unspecified atom stereocenters. The topological polar surface area (TPSA) is 48.8 Å². The zero-order chi connectivity index (χ0) is 54.7. The van der Waals surface area contributed by atoms with Gasteiger partial charge in [0, 0.05) is 36.9 Å². The molecule has 74 heavy (non-hydrogen) atoms. The Kier molecular flexibility index (Phi) is 12.5. The van der Waals surface area contributed by atoms with Gasteiger partial charge in [-0.2, -0.15) is 0 Å². The Bertz CT molecular complexity index is 4150. The van der Waals surface area contributed by atoms with Gasteiger partial charge in [0.05, 0.1) is 46.2 Å². The molecule has 12 aromatic rings. The van der Waals surface area contributed by atoms with Gasteiger partial charge in [0.1, 0.15) is 5.58 Å². The molecule has 0 saturated carbocycles. The molecule has 0 N–H and O–H groups in total. The van der Waals surface area contributed by atoms with E-state index in [9.17, 15) is 0 Å². The van der Waals surface area contributed by atoms with Crippen LogP contribution in [0.15, 0.2) is 198 Å². The minimum atomic E-state index is -0.419. The van der Waals surface area contributed by atoms with E-state index in [2.05, 4.69) is 168 Å². The van der Waals surface area contributed by atoms with Gasteiger partial charge in [0.15, 0.2) is 0 Å². The first kappa shape index (κ1) is 43.9. The van der Waals surface area contributed by atoms with Crippen LogP contribution in [0.3, 0.4) is 0 Å². The number of fused-ring (bicyclic) bond motifs is 5. The first-order valence-corrected chi connectivity index (χ1v) is 25.4. The molecule has 0 saturated heterocycles. The van der Waals surface area contributed by atoms with E-state index >= 15 is 0 Å². The fourth-order valence-electron chi connectivity index (χ4n) is 10.2. The molecule has 0 spiro atoms. The van der Waals surface area contributed by atoms with Crippen LogP contribution in [0.2, 0.25) is 0 Å². The third-order valence-electron chi connectivity index (χ3n) is 13.8. The van der Waals surface area contributed by atoms with Crippen molar-refractivity contribution in [2.45, 2.75) is 79.1 Å². The Morgan fingerprint density at radius 2 is 1.03 bits per heavy atom. The fraction of sp³-hybridized carbons (Fsp3) is 0.176. The van der Waals surface area contributed by atoms with E-state index < -0.39 is 6.04 Å². The third kappa shape index (κ3) is 9.23. The molecule has 0 aliphatic carbocycles. The third-order valence-corrected chi connectivity index (χ3v) is 13.8. The maximum Gasteiger partial charge on any atom is 0.121 e. The Morgan fingerprint density at radius 1 is 0.459 bits per heavy atom. The second kappa shape index (κ2) is 21.1. The molecule has 3 aromatic heterocycles. The maximum absolute atomic E-state index is 8.53. The Morgan fingerprint density at radius 3 is 1.64 bits per heavy atom. The SMILES string of the molecule is CC(C)c1cccc(C(C)C)c1-n1c(-c2[c-]cccc2)nc2ccccc21.[2H]c1c([2H])c([2H])c(-c2ccc3c(c2)oc2c(-c4nc5ccccc5n4-c4c(C(C)C)cc(-c5ccccc5)cc4C(C)C)[c-]ccc23)c([2H])c1[2H].[Ir]. The number of hydrogen-bond acceptors (Lipinski definition) is 3. The van der Waals surface area contributed by atoms with Crippen LogP contribution in [0, 0.1) is 12.1 Å². The van der Waals surface area contributed by atoms with Crippen molar-refractivity contribution in [3.63, 3.8) is 0 Å². The number of para-hydroxylation sites is 5. The summed E-state index contributed by atoms with van der Waals surface area (Å²) in [6.07, 6.45) is 0. The Labute approximate surface area is 456 Å². The van der Waals surface area contributed by atoms with E-state index in [4.69, 9.17) is 21.2 Å². The van der Waals surface area contributed by atoms with Crippen LogP contribution in [-0.4, -0.2) is 19.1 Å². The summed E-state index contributed by atoms with van der Waals surface area (Å²) in [6.45, 7) is 18.0. The van der Waals surface area contributed by atoms with Crippen LogP contribution in [0.25, 0.3) is 100 Å². The van der Waals surface area contributed by atoms with Gasteiger partial charge < -0.3 is 13.6 Å². The molecule has 9 aromatic carbocycles. The molecular formula is C68H60IrN4O-2. The summed E-state index contributed by atoms with van der Waals surface area (Å²) in [7, 11) is 0. The molecule has 0 aliphatic heterocycles. The van der Waals surface area contributed by atoms with Gasteiger partial charge in [-0.1, -0.05) is 181 Å². The first-order chi connectivity index (χ1) is 37.6. The first-order valence-electron chi connectivity index (χ1n) is 27.9. The molecule has 0 bridgehead atoms. The van der Waals surface area contributed by atoms with Crippen LogP contribution in [-0.2, 0) is 20.1 Å². The number of nitrogens with zero attached hydrogens (tertiary/aromatic N) is 4. The van der Waals surface area contributed by atoms with Crippen LogP contribution < -0.4 is 0 Å². The minimum Gasteiger partial charge on any atom is -0.501 e. The largest absolute Gasteiger partial charge is 0.501 e. The van der Waals surface area contributed by atoms with E-state index in [1.54, 1.807) is 12.1 Å². The predicted octanol–water partition coefficient (Wildman–Crippen LogP) is 18.7. The van der Waals surface area contributed by atoms with Gasteiger partial charge in [-0.25, -0.2) is 0 Å². The Balaban J connectivity index is 0.000000212. The van der Waals surface area contributed by atoms with E-state index in [1.165, 1.54) is 39.1 Å². The van der Waals surface area contributed by atoms with Crippen molar-refractivity contribution in [2.75, 3.05) is 0 Å². The van der Waals surface area contributed by atoms with Gasteiger partial charge in [0.25, 0.3) is 0 Å². The predicted molar refractivity (Wildman–Crippen MR) is 305 cm³/mol. The summed E-state index contributed by atoms with van der Waals surface area (Å²) in [6, 6.07) is 60.9. The van der Waals surface area contributed by atoms with Crippen LogP contribution >= 0.6 is 0 Å². The molecule has 0 atom stereocenters. The molecule has 0 amide bonds. The van der Waals surface area contributed by atoms with Crippen molar-refractivity contribution >= 4 is 44.0 Å². The molecule has 3 heterocycles. The minimum absolute atomic E-state index is 0. The van der Waals surface area contributed by atoms with E-state index in [0.717, 1.165) is 49.9 Å². The van der Waals surface area contributed by atoms with Crippen molar-refractivity contribution in [1.29, 1.82) is 0 Å². The molecule has 0 fully saturated rings. The molecule has 6 heteroatoms. The number of hydrogen-bond donors (Lipinski definition) is 0. The van der Waals surface area contributed by atoms with Gasteiger partial charge in [-0.15, -0.1) is 54.1 Å². The maximum atomic E-state index is 8.53. The van der Waals surface area contributed by atoms with E-state index in [1.807, 2.05) is 60.7 Å². The zero-order valence-corrected chi connectivity index (χ0v) is 45.3. The van der Waals surface area contributed by atoms with Crippen LogP contribution in [0.1, 0.15) is 108 Å². The Hall–Kier alpha value is -7.63. The molecule has 12 rings (SSSR count). The number of benzene rings is 9. The zero-order valence-electron chi connectivity index (χ0n) is 47.9. The number of furan rings is 1. The summed E-state index contributed by atoms with van der Waals surface area (Å²) < 4.78 is 52.7. The van der Waals surface area contributed by atoms with Gasteiger partial charge in [-0.05, 0) is 111 Å². The van der Waals surface area contributed by atoms with Gasteiger partial charge in [-0.3, -0.25) is 9.97 Å². The van der Waals surface area contributed by atoms with Crippen molar-refractivity contribution in [2.24, 2.45) is 0 Å². The summed E-state index contributed by atoms with van der Waals surface area (Å²) in [5, 5.41) is 1.72. The second-order valence-corrected chi connectivity index (χ2v) is 20.0. The van der Waals surface area contributed by atoms with Crippen molar-refractivity contribution in [3.05, 3.63) is 228 Å². The average molecular weight is 1150 g/mol. The normalized spacial score (nSPS) is 12.6. The number of rotatable bonds is 10. The fourth-order valence-corrected chi connectivity index (χ4v) is 10.2. The molecule has 369 valence electrons. The monoisotopic (exact) mass is 1150 g/mol. The smallest absolute Gasteiger partial charge is 0.121 e. The van der Waals surface area contributed by atoms with Crippen LogP contribution in [0.4, 0.5) is 0 Å². The molecule has 1 radical (unpaired) electrons. The van der Waals surface area contributed by atoms with Crippen molar-refractivity contribution in [1.82, 2.24) is 19.1 Å².